The third kappa shape index (κ3) is 3.38. The number of rotatable bonds is 7. The number of aromatic nitrogens is 3. The van der Waals surface area contributed by atoms with Crippen LogP contribution in [0.5, 0.6) is 0 Å². The van der Waals surface area contributed by atoms with E-state index in [0.717, 1.165) is 31.0 Å². The molecule has 0 aliphatic heterocycles. The fraction of sp³-hybridized carbons (Fsp3) is 0.833. The number of H-pyrrole nitrogens is 1. The Morgan fingerprint density at radius 1 is 1.56 bits per heavy atom. The molecule has 0 radical (unpaired) electrons. The lowest BCUT2D eigenvalue weighted by molar-refractivity contribution is 0.528. The first-order chi connectivity index (χ1) is 8.61. The van der Waals surface area contributed by atoms with Crippen molar-refractivity contribution in [1.82, 2.24) is 20.1 Å². The number of nitrogens with one attached hydrogen (secondary N) is 2. The van der Waals surface area contributed by atoms with Crippen molar-refractivity contribution in [3.8, 4) is 0 Å². The molecule has 0 amide bonds. The maximum atomic E-state index is 11.6. The Hall–Kier alpha value is -0.750. The van der Waals surface area contributed by atoms with Gasteiger partial charge in [-0.3, -0.25) is 4.57 Å². The van der Waals surface area contributed by atoms with E-state index >= 15 is 0 Å². The number of aromatic amines is 1. The van der Waals surface area contributed by atoms with Gasteiger partial charge in [0.1, 0.15) is 0 Å². The van der Waals surface area contributed by atoms with E-state index in [1.807, 2.05) is 4.57 Å². The summed E-state index contributed by atoms with van der Waals surface area (Å²) in [5.74, 6) is 0. The highest BCUT2D eigenvalue weighted by Crippen LogP contribution is 2.37. The van der Waals surface area contributed by atoms with Crippen LogP contribution >= 0.6 is 11.8 Å². The molecule has 1 saturated carbocycles. The van der Waals surface area contributed by atoms with Gasteiger partial charge in [0.25, 0.3) is 0 Å². The molecule has 5 nitrogen and oxygen atoms in total. The predicted molar refractivity (Wildman–Crippen MR) is 74.2 cm³/mol. The zero-order chi connectivity index (χ0) is 13.1. The first-order valence-corrected chi connectivity index (χ1v) is 7.56. The fourth-order valence-corrected chi connectivity index (χ4v) is 3.37. The Balaban J connectivity index is 1.94. The Labute approximate surface area is 112 Å². The molecule has 0 bridgehead atoms. The zero-order valence-corrected chi connectivity index (χ0v) is 12.1. The van der Waals surface area contributed by atoms with E-state index in [0.29, 0.717) is 17.3 Å². The van der Waals surface area contributed by atoms with E-state index < -0.39 is 0 Å². The lowest BCUT2D eigenvalue weighted by Crippen LogP contribution is -2.28. The first kappa shape index (κ1) is 13.7. The molecule has 1 aliphatic rings. The van der Waals surface area contributed by atoms with Crippen molar-refractivity contribution >= 4 is 11.8 Å². The molecular weight excluding hydrogens is 248 g/mol. The van der Waals surface area contributed by atoms with Crippen LogP contribution in [0.15, 0.2) is 9.95 Å². The highest BCUT2D eigenvalue weighted by molar-refractivity contribution is 7.99. The summed E-state index contributed by atoms with van der Waals surface area (Å²) in [5.41, 5.74) is -0.0630. The molecule has 1 fully saturated rings. The molecule has 2 rings (SSSR count). The van der Waals surface area contributed by atoms with Crippen molar-refractivity contribution in [2.45, 2.75) is 62.5 Å². The molecule has 18 heavy (non-hydrogen) atoms. The molecular formula is C12H22N4OS. The van der Waals surface area contributed by atoms with Crippen LogP contribution in [0.25, 0.3) is 0 Å². The van der Waals surface area contributed by atoms with Crippen LogP contribution in [0.4, 0.5) is 0 Å². The Bertz CT molecular complexity index is 438. The highest BCUT2D eigenvalue weighted by Gasteiger charge is 2.29. The summed E-state index contributed by atoms with van der Waals surface area (Å²) in [7, 11) is 0. The molecule has 2 unspecified atom stereocenters. The monoisotopic (exact) mass is 270 g/mol. The quantitative estimate of drug-likeness (QED) is 0.741. The van der Waals surface area contributed by atoms with Crippen LogP contribution < -0.4 is 11.0 Å². The predicted octanol–water partition coefficient (Wildman–Crippen LogP) is 1.77. The number of hydrogen-bond acceptors (Lipinski definition) is 4. The van der Waals surface area contributed by atoms with Crippen molar-refractivity contribution in [1.29, 1.82) is 0 Å². The zero-order valence-electron chi connectivity index (χ0n) is 11.3. The average molecular weight is 270 g/mol. The number of hydrogen-bond donors (Lipinski definition) is 2. The van der Waals surface area contributed by atoms with Gasteiger partial charge >= 0.3 is 5.69 Å². The van der Waals surface area contributed by atoms with Crippen molar-refractivity contribution in [2.75, 3.05) is 6.54 Å². The van der Waals surface area contributed by atoms with Gasteiger partial charge in [0.05, 0.1) is 0 Å². The second-order valence-electron chi connectivity index (χ2n) is 5.04. The summed E-state index contributed by atoms with van der Waals surface area (Å²) in [4.78, 5) is 11.6. The molecule has 0 aromatic carbocycles. The second-order valence-corrected chi connectivity index (χ2v) is 6.44. The minimum atomic E-state index is -0.0630. The molecule has 1 aromatic heterocycles. The summed E-state index contributed by atoms with van der Waals surface area (Å²) in [6.45, 7) is 7.49. The topological polar surface area (TPSA) is 62.7 Å². The third-order valence-electron chi connectivity index (χ3n) is 3.13. The summed E-state index contributed by atoms with van der Waals surface area (Å²) >= 11 is 1.69. The van der Waals surface area contributed by atoms with Gasteiger partial charge in [-0.1, -0.05) is 25.6 Å². The second kappa shape index (κ2) is 5.93. The van der Waals surface area contributed by atoms with Crippen LogP contribution in [0, 0.1) is 0 Å². The minimum absolute atomic E-state index is 0.0630. The van der Waals surface area contributed by atoms with E-state index in [2.05, 4.69) is 36.3 Å². The number of thioether (sulfide) groups is 1. The van der Waals surface area contributed by atoms with Crippen LogP contribution in [-0.4, -0.2) is 32.6 Å². The van der Waals surface area contributed by atoms with Crippen molar-refractivity contribution in [2.24, 2.45) is 0 Å². The van der Waals surface area contributed by atoms with Gasteiger partial charge in [-0.15, -0.1) is 5.10 Å². The van der Waals surface area contributed by atoms with Crippen molar-refractivity contribution < 1.29 is 0 Å². The van der Waals surface area contributed by atoms with Gasteiger partial charge in [-0.2, -0.15) is 0 Å². The standard InChI is InChI=1S/C12H22N4OS/c1-4-13-8(2)7-9(3)18-12-15-14-11(17)16(12)10-5-6-10/h8-10,13H,4-7H2,1-3H3,(H,14,17). The molecule has 2 atom stereocenters. The van der Waals surface area contributed by atoms with E-state index in [9.17, 15) is 4.79 Å². The van der Waals surface area contributed by atoms with Gasteiger partial charge in [-0.05, 0) is 32.7 Å². The highest BCUT2D eigenvalue weighted by atomic mass is 32.2. The van der Waals surface area contributed by atoms with E-state index in [4.69, 9.17) is 0 Å². The Morgan fingerprint density at radius 3 is 2.89 bits per heavy atom. The SMILES string of the molecule is CCNC(C)CC(C)Sc1n[nH]c(=O)n1C1CC1. The largest absolute Gasteiger partial charge is 0.344 e. The smallest absolute Gasteiger partial charge is 0.314 e. The van der Waals surface area contributed by atoms with E-state index in [-0.39, 0.29) is 5.69 Å². The lowest BCUT2D eigenvalue weighted by atomic mass is 10.2. The van der Waals surface area contributed by atoms with Crippen molar-refractivity contribution in [3.05, 3.63) is 10.5 Å². The van der Waals surface area contributed by atoms with Crippen LogP contribution in [-0.2, 0) is 0 Å². The summed E-state index contributed by atoms with van der Waals surface area (Å²) in [5, 5.41) is 11.4. The van der Waals surface area contributed by atoms with Gasteiger partial charge in [0.15, 0.2) is 5.16 Å². The van der Waals surface area contributed by atoms with Crippen LogP contribution in [0.3, 0.4) is 0 Å². The van der Waals surface area contributed by atoms with Crippen LogP contribution in [0.1, 0.15) is 46.1 Å². The molecule has 0 spiro atoms. The van der Waals surface area contributed by atoms with Crippen molar-refractivity contribution in [3.63, 3.8) is 0 Å². The normalized spacial score (nSPS) is 18.8. The number of nitrogens with zero attached hydrogens (tertiary/aromatic N) is 2. The van der Waals surface area contributed by atoms with Gasteiger partial charge < -0.3 is 5.32 Å². The maximum Gasteiger partial charge on any atom is 0.344 e. The summed E-state index contributed by atoms with van der Waals surface area (Å²) < 4.78 is 1.82. The van der Waals surface area contributed by atoms with Gasteiger partial charge in [0, 0.05) is 17.3 Å². The fourth-order valence-electron chi connectivity index (χ4n) is 2.19. The summed E-state index contributed by atoms with van der Waals surface area (Å²) in [6.07, 6.45) is 3.29. The van der Waals surface area contributed by atoms with Gasteiger partial charge in [0.2, 0.25) is 0 Å². The minimum Gasteiger partial charge on any atom is -0.314 e. The molecule has 0 saturated heterocycles. The Kier molecular flexibility index (Phi) is 4.50. The molecule has 6 heteroatoms. The first-order valence-electron chi connectivity index (χ1n) is 6.68. The summed E-state index contributed by atoms with van der Waals surface area (Å²) in [6, 6.07) is 0.884. The molecule has 102 valence electrons. The molecule has 2 N–H and O–H groups in total. The molecule has 1 aromatic rings. The molecule has 1 aliphatic carbocycles. The van der Waals surface area contributed by atoms with E-state index in [1.54, 1.807) is 11.8 Å². The average Bonchev–Trinajstić information content (AvgIpc) is 3.05. The van der Waals surface area contributed by atoms with Gasteiger partial charge in [-0.25, -0.2) is 9.89 Å². The van der Waals surface area contributed by atoms with Crippen LogP contribution in [0.2, 0.25) is 0 Å². The Morgan fingerprint density at radius 2 is 2.28 bits per heavy atom. The molecule has 1 heterocycles. The lowest BCUT2D eigenvalue weighted by Gasteiger charge is -2.17. The maximum absolute atomic E-state index is 11.6. The third-order valence-corrected chi connectivity index (χ3v) is 4.22. The van der Waals surface area contributed by atoms with E-state index in [1.165, 1.54) is 0 Å².